The molecule has 1 aliphatic heterocycles. The summed E-state index contributed by atoms with van der Waals surface area (Å²) in [5, 5.41) is 5.05. The Morgan fingerprint density at radius 3 is 2.75 bits per heavy atom. The van der Waals surface area contributed by atoms with Crippen molar-refractivity contribution in [2.45, 2.75) is 45.0 Å². The third kappa shape index (κ3) is 4.57. The maximum atomic E-state index is 6.48. The van der Waals surface area contributed by atoms with Crippen LogP contribution in [0.5, 0.6) is 0 Å². The lowest BCUT2D eigenvalue weighted by molar-refractivity contribution is 0.424. The minimum atomic E-state index is 0.130. The van der Waals surface area contributed by atoms with Crippen molar-refractivity contribution in [3.05, 3.63) is 28.8 Å². The lowest BCUT2D eigenvalue weighted by Crippen LogP contribution is -2.37. The van der Waals surface area contributed by atoms with E-state index in [4.69, 9.17) is 11.6 Å². The van der Waals surface area contributed by atoms with Gasteiger partial charge in [0, 0.05) is 36.2 Å². The van der Waals surface area contributed by atoms with Gasteiger partial charge in [0.1, 0.15) is 0 Å². The van der Waals surface area contributed by atoms with E-state index in [2.05, 4.69) is 56.1 Å². The first-order chi connectivity index (χ1) is 9.35. The molecule has 112 valence electrons. The summed E-state index contributed by atoms with van der Waals surface area (Å²) in [5.74, 6) is 1.19. The van der Waals surface area contributed by atoms with Crippen molar-refractivity contribution in [3.63, 3.8) is 0 Å². The van der Waals surface area contributed by atoms with Gasteiger partial charge in [0.15, 0.2) is 0 Å². The van der Waals surface area contributed by atoms with E-state index in [9.17, 15) is 0 Å². The Labute approximate surface area is 132 Å². The highest BCUT2D eigenvalue weighted by atomic mass is 35.5. The van der Waals surface area contributed by atoms with Crippen LogP contribution in [0.25, 0.3) is 0 Å². The van der Waals surface area contributed by atoms with Gasteiger partial charge in [-0.25, -0.2) is 0 Å². The highest BCUT2D eigenvalue weighted by molar-refractivity contribution is 8.00. The monoisotopic (exact) mass is 312 g/mol. The zero-order chi connectivity index (χ0) is 14.8. The van der Waals surface area contributed by atoms with Crippen molar-refractivity contribution in [1.82, 2.24) is 5.32 Å². The van der Waals surface area contributed by atoms with Crippen LogP contribution in [-0.2, 0) is 6.54 Å². The van der Waals surface area contributed by atoms with Gasteiger partial charge in [0.2, 0.25) is 0 Å². The average molecular weight is 313 g/mol. The van der Waals surface area contributed by atoms with E-state index in [1.807, 2.05) is 11.8 Å². The summed E-state index contributed by atoms with van der Waals surface area (Å²) < 4.78 is 0. The van der Waals surface area contributed by atoms with Crippen molar-refractivity contribution >= 4 is 29.1 Å². The normalized spacial score (nSPS) is 20.2. The second kappa shape index (κ2) is 6.59. The lowest BCUT2D eigenvalue weighted by Gasteiger charge is -2.33. The van der Waals surface area contributed by atoms with Crippen LogP contribution in [0.2, 0.25) is 5.02 Å². The molecule has 2 nitrogen and oxygen atoms in total. The molecule has 1 aliphatic rings. The Hall–Kier alpha value is -0.380. The zero-order valence-corrected chi connectivity index (χ0v) is 14.4. The van der Waals surface area contributed by atoms with Gasteiger partial charge in [0.05, 0.1) is 10.7 Å². The van der Waals surface area contributed by atoms with Crippen LogP contribution in [0, 0.1) is 0 Å². The van der Waals surface area contributed by atoms with Crippen molar-refractivity contribution in [2.75, 3.05) is 23.7 Å². The predicted molar refractivity (Wildman–Crippen MR) is 92.2 cm³/mol. The molecule has 1 N–H and O–H groups in total. The summed E-state index contributed by atoms with van der Waals surface area (Å²) in [4.78, 5) is 2.41. The maximum Gasteiger partial charge on any atom is 0.0642 e. The first kappa shape index (κ1) is 16.0. The standard InChI is InChI=1S/C16H25ClN2S/c1-12-11-19(7-8-20-12)15-6-5-13(9-14(15)17)10-18-16(2,3)4/h5-6,9,12,18H,7-8,10-11H2,1-4H3. The molecular formula is C16H25ClN2S. The number of nitrogens with one attached hydrogen (secondary N) is 1. The first-order valence-electron chi connectivity index (χ1n) is 7.25. The quantitative estimate of drug-likeness (QED) is 0.902. The molecular weight excluding hydrogens is 288 g/mol. The second-order valence-corrected chi connectivity index (χ2v) is 8.47. The Bertz CT molecular complexity index is 456. The SMILES string of the molecule is CC1CN(c2ccc(CNC(C)(C)C)cc2Cl)CCS1. The number of benzene rings is 1. The van der Waals surface area contributed by atoms with Crippen molar-refractivity contribution in [2.24, 2.45) is 0 Å². The minimum absolute atomic E-state index is 0.130. The number of thioether (sulfide) groups is 1. The van der Waals surface area contributed by atoms with Crippen molar-refractivity contribution in [1.29, 1.82) is 0 Å². The van der Waals surface area contributed by atoms with Crippen LogP contribution in [0.1, 0.15) is 33.3 Å². The number of anilines is 1. The number of hydrogen-bond acceptors (Lipinski definition) is 3. The number of rotatable bonds is 3. The molecule has 1 fully saturated rings. The summed E-state index contributed by atoms with van der Waals surface area (Å²) in [6, 6.07) is 6.46. The number of halogens is 1. The molecule has 4 heteroatoms. The molecule has 1 unspecified atom stereocenters. The van der Waals surface area contributed by atoms with Gasteiger partial charge in [-0.3, -0.25) is 0 Å². The Kier molecular flexibility index (Phi) is 5.27. The Balaban J connectivity index is 2.05. The summed E-state index contributed by atoms with van der Waals surface area (Å²) in [6.45, 7) is 11.8. The fourth-order valence-corrected chi connectivity index (χ4v) is 3.66. The molecule has 0 saturated carbocycles. The van der Waals surface area contributed by atoms with Crippen LogP contribution in [0.4, 0.5) is 5.69 Å². The smallest absolute Gasteiger partial charge is 0.0642 e. The maximum absolute atomic E-state index is 6.48. The largest absolute Gasteiger partial charge is 0.368 e. The number of nitrogens with zero attached hydrogens (tertiary/aromatic N) is 1. The van der Waals surface area contributed by atoms with Crippen molar-refractivity contribution < 1.29 is 0 Å². The third-order valence-corrected chi connectivity index (χ3v) is 4.86. The highest BCUT2D eigenvalue weighted by Gasteiger charge is 2.19. The fourth-order valence-electron chi connectivity index (χ4n) is 2.32. The molecule has 1 atom stereocenters. The van der Waals surface area contributed by atoms with Crippen LogP contribution in [0.3, 0.4) is 0 Å². The van der Waals surface area contributed by atoms with E-state index in [0.717, 1.165) is 24.7 Å². The summed E-state index contributed by atoms with van der Waals surface area (Å²) in [7, 11) is 0. The Morgan fingerprint density at radius 1 is 1.40 bits per heavy atom. The van der Waals surface area contributed by atoms with Gasteiger partial charge < -0.3 is 10.2 Å². The topological polar surface area (TPSA) is 15.3 Å². The van der Waals surface area contributed by atoms with E-state index in [-0.39, 0.29) is 5.54 Å². The van der Waals surface area contributed by atoms with Gasteiger partial charge in [-0.2, -0.15) is 11.8 Å². The van der Waals surface area contributed by atoms with Gasteiger partial charge in [-0.15, -0.1) is 0 Å². The molecule has 20 heavy (non-hydrogen) atoms. The summed E-state index contributed by atoms with van der Waals surface area (Å²) >= 11 is 8.53. The molecule has 1 saturated heterocycles. The van der Waals surface area contributed by atoms with E-state index in [1.54, 1.807) is 0 Å². The molecule has 0 aliphatic carbocycles. The van der Waals surface area contributed by atoms with Crippen LogP contribution < -0.4 is 10.2 Å². The predicted octanol–water partition coefficient (Wildman–Crippen LogP) is 4.17. The molecule has 1 aromatic rings. The third-order valence-electron chi connectivity index (χ3n) is 3.42. The molecule has 0 amide bonds. The Morgan fingerprint density at radius 2 is 2.15 bits per heavy atom. The van der Waals surface area contributed by atoms with Crippen molar-refractivity contribution in [3.8, 4) is 0 Å². The summed E-state index contributed by atoms with van der Waals surface area (Å²) in [5.41, 5.74) is 2.55. The van der Waals surface area contributed by atoms with Crippen LogP contribution >= 0.6 is 23.4 Å². The van der Waals surface area contributed by atoms with Gasteiger partial charge in [-0.05, 0) is 38.5 Å². The molecule has 0 bridgehead atoms. The molecule has 1 heterocycles. The molecule has 0 aromatic heterocycles. The number of hydrogen-bond donors (Lipinski definition) is 1. The highest BCUT2D eigenvalue weighted by Crippen LogP contribution is 2.30. The lowest BCUT2D eigenvalue weighted by atomic mass is 10.1. The van der Waals surface area contributed by atoms with E-state index in [0.29, 0.717) is 5.25 Å². The molecule has 2 rings (SSSR count). The van der Waals surface area contributed by atoms with E-state index < -0.39 is 0 Å². The van der Waals surface area contributed by atoms with Gasteiger partial charge in [0.25, 0.3) is 0 Å². The average Bonchev–Trinajstić information content (AvgIpc) is 2.35. The molecule has 0 spiro atoms. The minimum Gasteiger partial charge on any atom is -0.368 e. The zero-order valence-electron chi connectivity index (χ0n) is 12.9. The van der Waals surface area contributed by atoms with Crippen LogP contribution in [0.15, 0.2) is 18.2 Å². The van der Waals surface area contributed by atoms with Crippen LogP contribution in [-0.4, -0.2) is 29.6 Å². The summed E-state index contributed by atoms with van der Waals surface area (Å²) in [6.07, 6.45) is 0. The second-order valence-electron chi connectivity index (χ2n) is 6.52. The first-order valence-corrected chi connectivity index (χ1v) is 8.68. The van der Waals surface area contributed by atoms with Gasteiger partial charge >= 0.3 is 0 Å². The fraction of sp³-hybridized carbons (Fsp3) is 0.625. The van der Waals surface area contributed by atoms with E-state index in [1.165, 1.54) is 17.0 Å². The van der Waals surface area contributed by atoms with E-state index >= 15 is 0 Å². The van der Waals surface area contributed by atoms with Gasteiger partial charge in [-0.1, -0.05) is 24.6 Å². The molecule has 0 radical (unpaired) electrons. The molecule has 1 aromatic carbocycles.